The lowest BCUT2D eigenvalue weighted by Gasteiger charge is -2.06. The van der Waals surface area contributed by atoms with Crippen LogP contribution in [0.5, 0.6) is 0 Å². The number of thiophene rings is 1. The SMILES string of the molecule is CC(C)CCNCc1nc2scc(-c3cccc(Cl)c3)c2c(=O)[nH]1. The number of hydrogen-bond acceptors (Lipinski definition) is 4. The molecule has 126 valence electrons. The maximum Gasteiger partial charge on any atom is 0.260 e. The number of halogens is 1. The Morgan fingerprint density at radius 1 is 1.38 bits per heavy atom. The second kappa shape index (κ2) is 7.47. The van der Waals surface area contributed by atoms with Crippen LogP contribution in [-0.4, -0.2) is 16.5 Å². The van der Waals surface area contributed by atoms with Crippen LogP contribution in [0.15, 0.2) is 34.4 Å². The molecular formula is C18H20ClN3OS. The highest BCUT2D eigenvalue weighted by molar-refractivity contribution is 7.17. The van der Waals surface area contributed by atoms with E-state index in [1.54, 1.807) is 0 Å². The van der Waals surface area contributed by atoms with Crippen LogP contribution in [0.2, 0.25) is 5.02 Å². The topological polar surface area (TPSA) is 57.8 Å². The van der Waals surface area contributed by atoms with Gasteiger partial charge in [-0.1, -0.05) is 37.6 Å². The molecule has 0 spiro atoms. The Hall–Kier alpha value is -1.69. The van der Waals surface area contributed by atoms with Crippen molar-refractivity contribution in [1.29, 1.82) is 0 Å². The van der Waals surface area contributed by atoms with Gasteiger partial charge in [0.05, 0.1) is 11.9 Å². The fraction of sp³-hybridized carbons (Fsp3) is 0.333. The number of fused-ring (bicyclic) bond motifs is 1. The second-order valence-corrected chi connectivity index (χ2v) is 7.51. The zero-order valence-corrected chi connectivity index (χ0v) is 15.3. The molecule has 24 heavy (non-hydrogen) atoms. The Morgan fingerprint density at radius 2 is 2.21 bits per heavy atom. The summed E-state index contributed by atoms with van der Waals surface area (Å²) in [4.78, 5) is 20.8. The molecule has 2 N–H and O–H groups in total. The van der Waals surface area contributed by atoms with Crippen LogP contribution in [0.3, 0.4) is 0 Å². The van der Waals surface area contributed by atoms with Gasteiger partial charge < -0.3 is 10.3 Å². The molecule has 3 rings (SSSR count). The van der Waals surface area contributed by atoms with Crippen LogP contribution in [0.4, 0.5) is 0 Å². The minimum absolute atomic E-state index is 0.100. The van der Waals surface area contributed by atoms with Crippen molar-refractivity contribution in [2.24, 2.45) is 5.92 Å². The molecule has 0 atom stereocenters. The molecule has 1 aromatic carbocycles. The van der Waals surface area contributed by atoms with Crippen molar-refractivity contribution in [1.82, 2.24) is 15.3 Å². The molecule has 0 radical (unpaired) electrons. The first kappa shape index (κ1) is 17.1. The van der Waals surface area contributed by atoms with Gasteiger partial charge in [-0.25, -0.2) is 4.98 Å². The highest BCUT2D eigenvalue weighted by atomic mass is 35.5. The van der Waals surface area contributed by atoms with Gasteiger partial charge in [0.1, 0.15) is 10.7 Å². The minimum Gasteiger partial charge on any atom is -0.310 e. The molecule has 4 nitrogen and oxygen atoms in total. The van der Waals surface area contributed by atoms with Crippen molar-refractivity contribution in [3.8, 4) is 11.1 Å². The van der Waals surface area contributed by atoms with Gasteiger partial charge in [0.15, 0.2) is 0 Å². The molecule has 0 amide bonds. The first-order valence-corrected chi connectivity index (χ1v) is 9.27. The third-order valence-electron chi connectivity index (χ3n) is 3.82. The molecule has 0 bridgehead atoms. The van der Waals surface area contributed by atoms with Gasteiger partial charge in [-0.2, -0.15) is 0 Å². The third-order valence-corrected chi connectivity index (χ3v) is 4.93. The molecule has 0 aliphatic rings. The van der Waals surface area contributed by atoms with Gasteiger partial charge in [0.2, 0.25) is 0 Å². The lowest BCUT2D eigenvalue weighted by Crippen LogP contribution is -2.21. The summed E-state index contributed by atoms with van der Waals surface area (Å²) < 4.78 is 0. The summed E-state index contributed by atoms with van der Waals surface area (Å²) in [6.45, 7) is 5.87. The van der Waals surface area contributed by atoms with E-state index in [1.807, 2.05) is 29.6 Å². The molecular weight excluding hydrogens is 342 g/mol. The van der Waals surface area contributed by atoms with E-state index in [1.165, 1.54) is 11.3 Å². The predicted molar refractivity (Wildman–Crippen MR) is 102 cm³/mol. The van der Waals surface area contributed by atoms with E-state index in [9.17, 15) is 4.79 Å². The van der Waals surface area contributed by atoms with Crippen molar-refractivity contribution < 1.29 is 0 Å². The number of aromatic amines is 1. The van der Waals surface area contributed by atoms with Gasteiger partial charge in [0.25, 0.3) is 5.56 Å². The van der Waals surface area contributed by atoms with Crippen molar-refractivity contribution >= 4 is 33.2 Å². The quantitative estimate of drug-likeness (QED) is 0.638. The number of nitrogens with zero attached hydrogens (tertiary/aromatic N) is 1. The van der Waals surface area contributed by atoms with E-state index in [4.69, 9.17) is 11.6 Å². The van der Waals surface area contributed by atoms with Crippen LogP contribution < -0.4 is 10.9 Å². The van der Waals surface area contributed by atoms with Gasteiger partial charge in [-0.05, 0) is 36.6 Å². The van der Waals surface area contributed by atoms with E-state index < -0.39 is 0 Å². The van der Waals surface area contributed by atoms with E-state index in [0.717, 1.165) is 28.9 Å². The summed E-state index contributed by atoms with van der Waals surface area (Å²) in [5.41, 5.74) is 1.71. The molecule has 0 aliphatic heterocycles. The van der Waals surface area contributed by atoms with E-state index in [2.05, 4.69) is 29.1 Å². The summed E-state index contributed by atoms with van der Waals surface area (Å²) in [7, 11) is 0. The van der Waals surface area contributed by atoms with Crippen LogP contribution in [0, 0.1) is 5.92 Å². The Labute approximate surface area is 149 Å². The van der Waals surface area contributed by atoms with Gasteiger partial charge in [-0.3, -0.25) is 4.79 Å². The van der Waals surface area contributed by atoms with E-state index in [-0.39, 0.29) is 5.56 Å². The zero-order chi connectivity index (χ0) is 17.1. The average Bonchev–Trinajstić information content (AvgIpc) is 2.96. The van der Waals surface area contributed by atoms with Crippen LogP contribution >= 0.6 is 22.9 Å². The molecule has 0 saturated heterocycles. The van der Waals surface area contributed by atoms with Crippen LogP contribution in [-0.2, 0) is 6.54 Å². The molecule has 2 aromatic heterocycles. The van der Waals surface area contributed by atoms with Crippen LogP contribution in [0.25, 0.3) is 21.3 Å². The summed E-state index contributed by atoms with van der Waals surface area (Å²) >= 11 is 7.55. The fourth-order valence-electron chi connectivity index (χ4n) is 2.54. The highest BCUT2D eigenvalue weighted by Crippen LogP contribution is 2.31. The number of nitrogens with one attached hydrogen (secondary N) is 2. The minimum atomic E-state index is -0.100. The average molecular weight is 362 g/mol. The number of benzene rings is 1. The van der Waals surface area contributed by atoms with E-state index >= 15 is 0 Å². The molecule has 6 heteroatoms. The van der Waals surface area contributed by atoms with E-state index in [0.29, 0.717) is 28.7 Å². The zero-order valence-electron chi connectivity index (χ0n) is 13.7. The lowest BCUT2D eigenvalue weighted by molar-refractivity contribution is 0.532. The third kappa shape index (κ3) is 3.86. The normalized spacial score (nSPS) is 11.5. The fourth-order valence-corrected chi connectivity index (χ4v) is 3.70. The lowest BCUT2D eigenvalue weighted by atomic mass is 10.1. The monoisotopic (exact) mass is 361 g/mol. The summed E-state index contributed by atoms with van der Waals surface area (Å²) in [5, 5.41) is 6.58. The largest absolute Gasteiger partial charge is 0.310 e. The molecule has 0 fully saturated rings. The van der Waals surface area contributed by atoms with Gasteiger partial charge in [0, 0.05) is 16.0 Å². The Bertz CT molecular complexity index is 901. The maximum absolute atomic E-state index is 12.5. The number of hydrogen-bond donors (Lipinski definition) is 2. The van der Waals surface area contributed by atoms with Crippen LogP contribution in [0.1, 0.15) is 26.1 Å². The molecule has 3 aromatic rings. The van der Waals surface area contributed by atoms with Crippen molar-refractivity contribution in [3.63, 3.8) is 0 Å². The predicted octanol–water partition coefficient (Wildman–Crippen LogP) is 4.44. The Morgan fingerprint density at radius 3 is 2.96 bits per heavy atom. The molecule has 0 aliphatic carbocycles. The number of rotatable bonds is 6. The van der Waals surface area contributed by atoms with Crippen molar-refractivity contribution in [3.05, 3.63) is 50.8 Å². The van der Waals surface area contributed by atoms with Gasteiger partial charge in [-0.15, -0.1) is 11.3 Å². The number of aromatic nitrogens is 2. The Balaban J connectivity index is 1.87. The van der Waals surface area contributed by atoms with Crippen molar-refractivity contribution in [2.75, 3.05) is 6.54 Å². The van der Waals surface area contributed by atoms with Gasteiger partial charge >= 0.3 is 0 Å². The first-order valence-electron chi connectivity index (χ1n) is 8.01. The smallest absolute Gasteiger partial charge is 0.260 e. The standard InChI is InChI=1S/C18H20ClN3OS/c1-11(2)6-7-20-9-15-21-17(23)16-14(10-24-18(16)22-15)12-4-3-5-13(19)8-12/h3-5,8,10-11,20H,6-7,9H2,1-2H3,(H,21,22,23). The highest BCUT2D eigenvalue weighted by Gasteiger charge is 2.13. The second-order valence-electron chi connectivity index (χ2n) is 6.21. The summed E-state index contributed by atoms with van der Waals surface area (Å²) in [6, 6.07) is 7.52. The summed E-state index contributed by atoms with van der Waals surface area (Å²) in [5.74, 6) is 1.33. The maximum atomic E-state index is 12.5. The Kier molecular flexibility index (Phi) is 5.33. The molecule has 0 saturated carbocycles. The first-order chi connectivity index (χ1) is 11.5. The van der Waals surface area contributed by atoms with Crippen molar-refractivity contribution in [2.45, 2.75) is 26.8 Å². The molecule has 0 unspecified atom stereocenters. The summed E-state index contributed by atoms with van der Waals surface area (Å²) in [6.07, 6.45) is 1.10. The number of H-pyrrole nitrogens is 1. The molecule has 2 heterocycles.